The molecule has 2 fully saturated rings. The lowest BCUT2D eigenvalue weighted by Gasteiger charge is -2.37. The Hall–Kier alpha value is -3.95. The van der Waals surface area contributed by atoms with Crippen molar-refractivity contribution in [1.82, 2.24) is 9.47 Å². The molecule has 1 aromatic heterocycles. The average Bonchev–Trinajstić information content (AvgIpc) is 3.70. The van der Waals surface area contributed by atoms with Gasteiger partial charge in [0.05, 0.1) is 11.2 Å². The minimum Gasteiger partial charge on any atom is -0.481 e. The van der Waals surface area contributed by atoms with Gasteiger partial charge in [-0.25, -0.2) is 13.6 Å². The molecule has 2 aliphatic rings. The van der Waals surface area contributed by atoms with E-state index < -0.39 is 29.1 Å². The van der Waals surface area contributed by atoms with Gasteiger partial charge in [-0.15, -0.1) is 0 Å². The second-order valence-electron chi connectivity index (χ2n) is 9.16. The largest absolute Gasteiger partial charge is 0.481 e. The van der Waals surface area contributed by atoms with Crippen molar-refractivity contribution in [3.05, 3.63) is 70.0 Å². The number of rotatable bonds is 6. The van der Waals surface area contributed by atoms with Crippen molar-refractivity contribution in [2.45, 2.75) is 31.9 Å². The van der Waals surface area contributed by atoms with Crippen LogP contribution in [0.1, 0.15) is 36.2 Å². The van der Waals surface area contributed by atoms with E-state index in [0.29, 0.717) is 43.1 Å². The van der Waals surface area contributed by atoms with E-state index in [1.807, 2.05) is 4.90 Å². The summed E-state index contributed by atoms with van der Waals surface area (Å²) in [5.74, 6) is -2.17. The Labute approximate surface area is 205 Å². The minimum absolute atomic E-state index is 0.0450. The van der Waals surface area contributed by atoms with E-state index in [1.165, 1.54) is 30.5 Å². The van der Waals surface area contributed by atoms with E-state index >= 15 is 4.39 Å². The van der Waals surface area contributed by atoms with E-state index in [-0.39, 0.29) is 22.9 Å². The summed E-state index contributed by atoms with van der Waals surface area (Å²) >= 11 is 0. The second kappa shape index (κ2) is 9.25. The van der Waals surface area contributed by atoms with Gasteiger partial charge in [-0.05, 0) is 56.2 Å². The molecule has 0 bridgehead atoms. The molecule has 1 N–H and O–H groups in total. The van der Waals surface area contributed by atoms with E-state index in [9.17, 15) is 23.9 Å². The van der Waals surface area contributed by atoms with Gasteiger partial charge in [-0.3, -0.25) is 9.59 Å². The van der Waals surface area contributed by atoms with Gasteiger partial charge in [0, 0.05) is 43.8 Å². The Bertz CT molecular complexity index is 1390. The van der Waals surface area contributed by atoms with Crippen LogP contribution in [0.25, 0.3) is 10.9 Å². The number of hydrogen-bond donors (Lipinski definition) is 1. The molecule has 5 rings (SSSR count). The number of aromatic carboxylic acids is 1. The summed E-state index contributed by atoms with van der Waals surface area (Å²) in [7, 11) is 0. The first-order valence-electron chi connectivity index (χ1n) is 11.8. The normalized spacial score (nSPS) is 16.8. The van der Waals surface area contributed by atoms with Crippen LogP contribution in [-0.4, -0.2) is 58.7 Å². The Morgan fingerprint density at radius 1 is 1.06 bits per heavy atom. The quantitative estimate of drug-likeness (QED) is 0.561. The number of pyridine rings is 1. The highest BCUT2D eigenvalue weighted by atomic mass is 19.1. The molecule has 36 heavy (non-hydrogen) atoms. The number of carboxylic acid groups (broad SMARTS) is 1. The lowest BCUT2D eigenvalue weighted by molar-refractivity contribution is -0.138. The number of hydrogen-bond acceptors (Lipinski definition) is 5. The zero-order valence-electron chi connectivity index (χ0n) is 19.6. The van der Waals surface area contributed by atoms with Crippen molar-refractivity contribution < 1.29 is 28.2 Å². The van der Waals surface area contributed by atoms with Crippen molar-refractivity contribution in [3.63, 3.8) is 0 Å². The van der Waals surface area contributed by atoms with Crippen molar-refractivity contribution in [2.75, 3.05) is 31.1 Å². The fourth-order valence-corrected chi connectivity index (χ4v) is 4.60. The van der Waals surface area contributed by atoms with Crippen LogP contribution in [0.2, 0.25) is 0 Å². The molecule has 1 aliphatic carbocycles. The fraction of sp³-hybridized carbons (Fsp3) is 0.346. The van der Waals surface area contributed by atoms with Gasteiger partial charge in [-0.1, -0.05) is 0 Å². The number of fused-ring (bicyclic) bond motifs is 1. The van der Waals surface area contributed by atoms with Crippen molar-refractivity contribution >= 4 is 28.5 Å². The van der Waals surface area contributed by atoms with Gasteiger partial charge in [0.15, 0.2) is 6.10 Å². The fourth-order valence-electron chi connectivity index (χ4n) is 4.60. The van der Waals surface area contributed by atoms with Crippen LogP contribution in [0.15, 0.2) is 47.4 Å². The molecule has 0 radical (unpaired) electrons. The number of benzene rings is 2. The summed E-state index contributed by atoms with van der Waals surface area (Å²) in [4.78, 5) is 40.5. The first-order valence-corrected chi connectivity index (χ1v) is 11.8. The van der Waals surface area contributed by atoms with Gasteiger partial charge in [0.25, 0.3) is 5.91 Å². The molecule has 1 saturated carbocycles. The number of piperazine rings is 1. The van der Waals surface area contributed by atoms with Crippen molar-refractivity contribution in [2.24, 2.45) is 0 Å². The molecule has 0 spiro atoms. The third kappa shape index (κ3) is 4.50. The number of anilines is 1. The van der Waals surface area contributed by atoms with Crippen LogP contribution in [-0.2, 0) is 4.79 Å². The highest BCUT2D eigenvalue weighted by molar-refractivity contribution is 5.93. The van der Waals surface area contributed by atoms with Crippen LogP contribution in [0, 0.1) is 11.6 Å². The van der Waals surface area contributed by atoms with Gasteiger partial charge in [-0.2, -0.15) is 0 Å². The van der Waals surface area contributed by atoms with Gasteiger partial charge in [0.2, 0.25) is 5.43 Å². The van der Waals surface area contributed by atoms with Crippen LogP contribution < -0.4 is 15.1 Å². The smallest absolute Gasteiger partial charge is 0.341 e. The topological polar surface area (TPSA) is 92.1 Å². The van der Waals surface area contributed by atoms with Gasteiger partial charge < -0.3 is 24.2 Å². The molecular formula is C26H25F2N3O5. The Kier molecular flexibility index (Phi) is 6.11. The summed E-state index contributed by atoms with van der Waals surface area (Å²) in [5, 5.41) is 9.46. The summed E-state index contributed by atoms with van der Waals surface area (Å²) in [6.45, 7) is 3.07. The molecule has 1 saturated heterocycles. The maximum atomic E-state index is 15.2. The van der Waals surface area contributed by atoms with Crippen LogP contribution in [0.3, 0.4) is 0 Å². The van der Waals surface area contributed by atoms with Crippen LogP contribution in [0.4, 0.5) is 14.5 Å². The monoisotopic (exact) mass is 497 g/mol. The predicted octanol–water partition coefficient (Wildman–Crippen LogP) is 3.43. The molecule has 2 aromatic carbocycles. The third-order valence-electron chi connectivity index (χ3n) is 6.68. The minimum atomic E-state index is -1.33. The van der Waals surface area contributed by atoms with Crippen molar-refractivity contribution in [3.8, 4) is 5.75 Å². The molecule has 2 heterocycles. The Morgan fingerprint density at radius 2 is 1.72 bits per heavy atom. The van der Waals surface area contributed by atoms with Crippen molar-refractivity contribution in [1.29, 1.82) is 0 Å². The number of aromatic nitrogens is 1. The number of carboxylic acids is 1. The summed E-state index contributed by atoms with van der Waals surface area (Å²) in [5.41, 5.74) is -0.262. The standard InChI is InChI=1S/C26H25F2N3O5/c1-15(36-18-6-2-16(27)3-7-18)25(33)30-10-8-29(9-11-30)23-13-22-19(12-21(23)28)24(32)20(26(34)35)14-31(22)17-4-5-17/h2-3,6-7,12-15,17H,4-5,8-11H2,1H3,(H,34,35). The highest BCUT2D eigenvalue weighted by Crippen LogP contribution is 2.38. The predicted molar refractivity (Wildman–Crippen MR) is 129 cm³/mol. The lowest BCUT2D eigenvalue weighted by Crippen LogP contribution is -2.52. The van der Waals surface area contributed by atoms with E-state index in [2.05, 4.69) is 0 Å². The number of amides is 1. The maximum absolute atomic E-state index is 15.2. The maximum Gasteiger partial charge on any atom is 0.341 e. The molecule has 3 aromatic rings. The van der Waals surface area contributed by atoms with E-state index in [0.717, 1.165) is 18.9 Å². The number of carbonyl (C=O) groups excluding carboxylic acids is 1. The number of ether oxygens (including phenoxy) is 1. The molecule has 1 aliphatic heterocycles. The summed E-state index contributed by atoms with van der Waals surface area (Å²) in [6.07, 6.45) is 2.31. The Morgan fingerprint density at radius 3 is 2.33 bits per heavy atom. The zero-order valence-corrected chi connectivity index (χ0v) is 19.6. The SMILES string of the molecule is CC(Oc1ccc(F)cc1)C(=O)N1CCN(c2cc3c(cc2F)c(=O)c(C(=O)O)cn3C2CC2)CC1. The molecule has 188 valence electrons. The van der Waals surface area contributed by atoms with Gasteiger partial charge >= 0.3 is 5.97 Å². The number of carbonyl (C=O) groups is 2. The molecular weight excluding hydrogens is 472 g/mol. The molecule has 1 unspecified atom stereocenters. The highest BCUT2D eigenvalue weighted by Gasteiger charge is 2.30. The average molecular weight is 497 g/mol. The van der Waals surface area contributed by atoms with E-state index in [1.54, 1.807) is 22.5 Å². The third-order valence-corrected chi connectivity index (χ3v) is 6.68. The molecule has 1 amide bonds. The second-order valence-corrected chi connectivity index (χ2v) is 9.16. The molecule has 10 heteroatoms. The lowest BCUT2D eigenvalue weighted by atomic mass is 10.1. The Balaban J connectivity index is 1.33. The first-order chi connectivity index (χ1) is 17.2. The molecule has 8 nitrogen and oxygen atoms in total. The van der Waals surface area contributed by atoms with Crippen LogP contribution in [0.5, 0.6) is 5.75 Å². The molecule has 1 atom stereocenters. The number of nitrogens with zero attached hydrogens (tertiary/aromatic N) is 3. The van der Waals surface area contributed by atoms with Crippen LogP contribution >= 0.6 is 0 Å². The number of halogens is 2. The van der Waals surface area contributed by atoms with Gasteiger partial charge in [0.1, 0.15) is 22.9 Å². The summed E-state index contributed by atoms with van der Waals surface area (Å²) in [6, 6.07) is 8.24. The zero-order chi connectivity index (χ0) is 25.6. The van der Waals surface area contributed by atoms with E-state index in [4.69, 9.17) is 4.74 Å². The summed E-state index contributed by atoms with van der Waals surface area (Å²) < 4.78 is 35.6. The first kappa shape index (κ1) is 23.8.